The van der Waals surface area contributed by atoms with Crippen LogP contribution in [0.5, 0.6) is 0 Å². The molecule has 0 saturated carbocycles. The largest absolute Gasteiger partial charge is 0.469 e. The number of allylic oxidation sites excluding steroid dienone is 12. The Morgan fingerprint density at radius 2 is 1.35 bits per heavy atom. The maximum absolute atomic E-state index is 12.7. The van der Waals surface area contributed by atoms with Crippen molar-refractivity contribution in [3.05, 3.63) is 121 Å². The van der Waals surface area contributed by atoms with Crippen molar-refractivity contribution in [2.45, 2.75) is 76.9 Å². The van der Waals surface area contributed by atoms with Crippen molar-refractivity contribution in [1.29, 1.82) is 0 Å². The first-order valence-corrected chi connectivity index (χ1v) is 15.9. The van der Waals surface area contributed by atoms with Gasteiger partial charge in [0.15, 0.2) is 11.4 Å². The van der Waals surface area contributed by atoms with E-state index >= 15 is 0 Å². The number of ether oxygens (including phenoxy) is 2. The first kappa shape index (κ1) is 37.5. The third-order valence-corrected chi connectivity index (χ3v) is 7.02. The van der Waals surface area contributed by atoms with Gasteiger partial charge in [-0.15, -0.1) is 0 Å². The van der Waals surface area contributed by atoms with Gasteiger partial charge in [0.05, 0.1) is 7.11 Å². The molecule has 1 aromatic carbocycles. The predicted molar refractivity (Wildman–Crippen MR) is 182 cm³/mol. The Balaban J connectivity index is 1.65. The summed E-state index contributed by atoms with van der Waals surface area (Å²) in [5, 5.41) is 5.15. The summed E-state index contributed by atoms with van der Waals surface area (Å²) in [6, 6.07) is 7.77. The molecule has 8 heteroatoms. The van der Waals surface area contributed by atoms with Crippen LogP contribution in [0.25, 0.3) is 0 Å². The zero-order chi connectivity index (χ0) is 33.5. The van der Waals surface area contributed by atoms with Gasteiger partial charge in [0.25, 0.3) is 5.91 Å². The smallest absolute Gasteiger partial charge is 0.330 e. The summed E-state index contributed by atoms with van der Waals surface area (Å²) in [7, 11) is 1.20. The summed E-state index contributed by atoms with van der Waals surface area (Å²) in [5.74, 6) is -2.25. The molecule has 246 valence electrons. The molecule has 0 aromatic heterocycles. The Morgan fingerprint density at radius 1 is 0.826 bits per heavy atom. The van der Waals surface area contributed by atoms with Crippen LogP contribution >= 0.6 is 0 Å². The van der Waals surface area contributed by atoms with Crippen LogP contribution in [0.4, 0.5) is 0 Å². The molecule has 0 saturated heterocycles. The zero-order valence-corrected chi connectivity index (χ0v) is 27.3. The molecular weight excluding hydrogens is 580 g/mol. The van der Waals surface area contributed by atoms with Crippen LogP contribution in [-0.2, 0) is 34.3 Å². The number of methoxy groups -OCH3 is 1. The standard InChI is InChI=1S/C38H48N2O6/c1-4-5-6-7-8-9-10-11-12-13-14-15-16-17-18-19-20-21-25-28-35(42)40-32(37(44)45-3)30-39-36(43)33-29-34(41)38(2,46-33)31-26-23-22-24-27-31/h5-6,8-9,11-12,14-15,17-18,20-24,26-27,29,32H,4,7,10,13,16,19,25,28,30H2,1-3H3,(H,39,43)(H,40,42)/b6-5-,9-8-,12-11-,15-14-,18-17-,21-20-. The quantitative estimate of drug-likeness (QED) is 0.124. The number of nitrogens with one attached hydrogen (secondary N) is 2. The SMILES string of the molecule is CC/C=C\C/C=C\C/C=C\C/C=C\C/C=C\C/C=C\CCC(=O)NC(CNC(=O)C1=CC(=O)C(C)(c2ccccc2)O1)C(=O)OC. The van der Waals surface area contributed by atoms with Crippen LogP contribution in [0.2, 0.25) is 0 Å². The molecule has 1 aromatic rings. The fraction of sp³-hybridized carbons (Fsp3) is 0.368. The van der Waals surface area contributed by atoms with E-state index in [-0.39, 0.29) is 30.4 Å². The zero-order valence-electron chi connectivity index (χ0n) is 27.3. The molecule has 2 N–H and O–H groups in total. The van der Waals surface area contributed by atoms with E-state index in [9.17, 15) is 19.2 Å². The molecule has 46 heavy (non-hydrogen) atoms. The number of esters is 1. The molecular formula is C38H48N2O6. The van der Waals surface area contributed by atoms with E-state index in [2.05, 4.69) is 78.3 Å². The number of hydrogen-bond donors (Lipinski definition) is 2. The topological polar surface area (TPSA) is 111 Å². The maximum atomic E-state index is 12.7. The minimum Gasteiger partial charge on any atom is -0.469 e. The van der Waals surface area contributed by atoms with E-state index in [1.54, 1.807) is 31.2 Å². The molecule has 0 bridgehead atoms. The number of rotatable bonds is 20. The van der Waals surface area contributed by atoms with Crippen LogP contribution in [0.15, 0.2) is 115 Å². The number of carbonyl (C=O) groups excluding carboxylic acids is 4. The summed E-state index contributed by atoms with van der Waals surface area (Å²) >= 11 is 0. The average Bonchev–Trinajstić information content (AvgIpc) is 3.38. The number of benzene rings is 1. The number of ketones is 1. The Labute approximate surface area is 273 Å². The Kier molecular flexibility index (Phi) is 17.8. The molecule has 8 nitrogen and oxygen atoms in total. The number of hydrogen-bond acceptors (Lipinski definition) is 6. The maximum Gasteiger partial charge on any atom is 0.330 e. The lowest BCUT2D eigenvalue weighted by molar-refractivity contribution is -0.145. The third kappa shape index (κ3) is 13.9. The van der Waals surface area contributed by atoms with E-state index in [1.807, 2.05) is 18.2 Å². The van der Waals surface area contributed by atoms with Crippen molar-refractivity contribution in [3.8, 4) is 0 Å². The highest BCUT2D eigenvalue weighted by molar-refractivity contribution is 6.07. The summed E-state index contributed by atoms with van der Waals surface area (Å²) in [4.78, 5) is 50.1. The minimum absolute atomic E-state index is 0.163. The van der Waals surface area contributed by atoms with Gasteiger partial charge in [-0.2, -0.15) is 0 Å². The van der Waals surface area contributed by atoms with Gasteiger partial charge in [-0.3, -0.25) is 14.4 Å². The molecule has 0 spiro atoms. The fourth-order valence-electron chi connectivity index (χ4n) is 4.36. The lowest BCUT2D eigenvalue weighted by Crippen LogP contribution is -2.49. The highest BCUT2D eigenvalue weighted by Crippen LogP contribution is 2.34. The third-order valence-electron chi connectivity index (χ3n) is 7.02. The Morgan fingerprint density at radius 3 is 1.87 bits per heavy atom. The van der Waals surface area contributed by atoms with Crippen LogP contribution in [0, 0.1) is 0 Å². The van der Waals surface area contributed by atoms with Crippen LogP contribution in [0.1, 0.15) is 70.8 Å². The highest BCUT2D eigenvalue weighted by atomic mass is 16.5. The molecule has 2 rings (SSSR count). The fourth-order valence-corrected chi connectivity index (χ4v) is 4.36. The molecule has 0 fully saturated rings. The number of carbonyl (C=O) groups is 4. The van der Waals surface area contributed by atoms with Gasteiger partial charge in [0.2, 0.25) is 11.7 Å². The Hall–Kier alpha value is -4.72. The second-order valence-electron chi connectivity index (χ2n) is 10.7. The van der Waals surface area contributed by atoms with Gasteiger partial charge < -0.3 is 20.1 Å². The van der Waals surface area contributed by atoms with Crippen molar-refractivity contribution < 1.29 is 28.7 Å². The molecule has 1 heterocycles. The highest BCUT2D eigenvalue weighted by Gasteiger charge is 2.43. The van der Waals surface area contributed by atoms with Crippen LogP contribution in [-0.4, -0.2) is 43.3 Å². The summed E-state index contributed by atoms with van der Waals surface area (Å²) in [6.07, 6.45) is 32.8. The first-order chi connectivity index (χ1) is 22.3. The lowest BCUT2D eigenvalue weighted by Gasteiger charge is -2.24. The van der Waals surface area contributed by atoms with E-state index in [0.29, 0.717) is 12.0 Å². The molecule has 1 aliphatic rings. The van der Waals surface area contributed by atoms with Crippen LogP contribution < -0.4 is 10.6 Å². The van der Waals surface area contributed by atoms with Gasteiger partial charge >= 0.3 is 5.97 Å². The van der Waals surface area contributed by atoms with Crippen molar-refractivity contribution in [1.82, 2.24) is 10.6 Å². The second-order valence-corrected chi connectivity index (χ2v) is 10.7. The van der Waals surface area contributed by atoms with Gasteiger partial charge in [0.1, 0.15) is 6.04 Å². The second kappa shape index (κ2) is 21.9. The summed E-state index contributed by atoms with van der Waals surface area (Å²) in [6.45, 7) is 3.50. The van der Waals surface area contributed by atoms with E-state index < -0.39 is 23.5 Å². The number of amides is 2. The summed E-state index contributed by atoms with van der Waals surface area (Å²) < 4.78 is 10.5. The monoisotopic (exact) mass is 628 g/mol. The van der Waals surface area contributed by atoms with Gasteiger partial charge in [0, 0.05) is 24.6 Å². The first-order valence-electron chi connectivity index (χ1n) is 15.9. The van der Waals surface area contributed by atoms with Crippen molar-refractivity contribution >= 4 is 23.6 Å². The molecule has 2 unspecified atom stereocenters. The molecule has 2 amide bonds. The molecule has 1 aliphatic heterocycles. The van der Waals surface area contributed by atoms with E-state index in [1.165, 1.54) is 7.11 Å². The van der Waals surface area contributed by atoms with Crippen LogP contribution in [0.3, 0.4) is 0 Å². The van der Waals surface area contributed by atoms with Gasteiger partial charge in [-0.1, -0.05) is 110 Å². The van der Waals surface area contributed by atoms with Crippen molar-refractivity contribution in [2.24, 2.45) is 0 Å². The van der Waals surface area contributed by atoms with E-state index in [4.69, 9.17) is 9.47 Å². The summed E-state index contributed by atoms with van der Waals surface area (Å²) in [5.41, 5.74) is -0.698. The lowest BCUT2D eigenvalue weighted by atomic mass is 9.92. The van der Waals surface area contributed by atoms with Gasteiger partial charge in [-0.25, -0.2) is 4.79 Å². The van der Waals surface area contributed by atoms with Crippen molar-refractivity contribution in [2.75, 3.05) is 13.7 Å². The van der Waals surface area contributed by atoms with E-state index in [0.717, 1.165) is 44.6 Å². The average molecular weight is 629 g/mol. The Bertz CT molecular complexity index is 1340. The van der Waals surface area contributed by atoms with Crippen molar-refractivity contribution in [3.63, 3.8) is 0 Å². The molecule has 0 radical (unpaired) electrons. The minimum atomic E-state index is -1.31. The molecule has 2 atom stereocenters. The predicted octanol–water partition coefficient (Wildman–Crippen LogP) is 6.64. The normalized spacial score (nSPS) is 17.5. The van der Waals surface area contributed by atoms with Gasteiger partial charge in [-0.05, 0) is 51.9 Å². The molecule has 0 aliphatic carbocycles.